The summed E-state index contributed by atoms with van der Waals surface area (Å²) in [7, 11) is 0. The van der Waals surface area contributed by atoms with Crippen LogP contribution in [0.15, 0.2) is 60.7 Å². The zero-order valence-corrected chi connectivity index (χ0v) is 18.4. The van der Waals surface area contributed by atoms with Gasteiger partial charge in [0.15, 0.2) is 0 Å². The van der Waals surface area contributed by atoms with E-state index in [0.717, 1.165) is 5.75 Å². The second-order valence-corrected chi connectivity index (χ2v) is 7.77. The predicted octanol–water partition coefficient (Wildman–Crippen LogP) is 7.48. The summed E-state index contributed by atoms with van der Waals surface area (Å²) in [5.41, 5.74) is 2.79. The lowest BCUT2D eigenvalue weighted by Gasteiger charge is -2.12. The van der Waals surface area contributed by atoms with Crippen molar-refractivity contribution < 1.29 is 9.47 Å². The van der Waals surface area contributed by atoms with Crippen LogP contribution in [0.25, 0.3) is 11.6 Å². The van der Waals surface area contributed by atoms with Crippen LogP contribution in [0.3, 0.4) is 0 Å². The Kier molecular flexibility index (Phi) is 7.65. The van der Waals surface area contributed by atoms with E-state index in [4.69, 9.17) is 44.3 Å². The van der Waals surface area contributed by atoms with Gasteiger partial charge in [-0.15, -0.1) is 0 Å². The van der Waals surface area contributed by atoms with Crippen molar-refractivity contribution in [1.29, 1.82) is 5.26 Å². The van der Waals surface area contributed by atoms with Crippen LogP contribution >= 0.6 is 34.8 Å². The summed E-state index contributed by atoms with van der Waals surface area (Å²) < 4.78 is 11.6. The maximum atomic E-state index is 9.65. The van der Waals surface area contributed by atoms with Crippen LogP contribution in [0.4, 0.5) is 0 Å². The van der Waals surface area contributed by atoms with E-state index in [-0.39, 0.29) is 0 Å². The summed E-state index contributed by atoms with van der Waals surface area (Å²) in [6, 6.07) is 20.2. The third kappa shape index (κ3) is 5.93. The number of ether oxygens (including phenoxy) is 2. The minimum Gasteiger partial charge on any atom is -0.490 e. The molecule has 0 fully saturated rings. The summed E-state index contributed by atoms with van der Waals surface area (Å²) in [6.45, 7) is 2.73. The van der Waals surface area contributed by atoms with Crippen molar-refractivity contribution in [2.24, 2.45) is 0 Å². The number of nitriles is 1. The lowest BCUT2D eigenvalue weighted by atomic mass is 10.0. The van der Waals surface area contributed by atoms with Crippen LogP contribution in [0, 0.1) is 18.3 Å². The Balaban J connectivity index is 1.76. The first-order chi connectivity index (χ1) is 14.5. The van der Waals surface area contributed by atoms with Gasteiger partial charge in [0, 0.05) is 21.2 Å². The van der Waals surface area contributed by atoms with Crippen molar-refractivity contribution >= 4 is 46.5 Å². The molecular weight excluding hydrogens is 441 g/mol. The molecule has 3 aromatic carbocycles. The van der Waals surface area contributed by atoms with E-state index < -0.39 is 0 Å². The molecule has 152 valence electrons. The maximum absolute atomic E-state index is 9.65. The van der Waals surface area contributed by atoms with Crippen molar-refractivity contribution in [2.45, 2.75) is 6.92 Å². The van der Waals surface area contributed by atoms with Gasteiger partial charge in [-0.1, -0.05) is 58.6 Å². The van der Waals surface area contributed by atoms with Crippen LogP contribution < -0.4 is 9.47 Å². The van der Waals surface area contributed by atoms with Gasteiger partial charge in [0.25, 0.3) is 0 Å². The monoisotopic (exact) mass is 457 g/mol. The van der Waals surface area contributed by atoms with E-state index in [0.29, 0.717) is 50.7 Å². The predicted molar refractivity (Wildman–Crippen MR) is 124 cm³/mol. The fourth-order valence-electron chi connectivity index (χ4n) is 2.74. The molecule has 0 aliphatic rings. The van der Waals surface area contributed by atoms with E-state index in [1.165, 1.54) is 5.56 Å². The standard InChI is InChI=1S/C24H18Cl3NO2/c1-16-2-6-21(7-3-16)29-10-11-30-24-9-5-19(25)13-17(24)12-18(15-28)22-8-4-20(26)14-23(22)27/h2-9,12-14H,10-11H2,1H3/b18-12+. The molecule has 6 heteroatoms. The smallest absolute Gasteiger partial charge is 0.126 e. The van der Waals surface area contributed by atoms with Gasteiger partial charge < -0.3 is 9.47 Å². The molecule has 30 heavy (non-hydrogen) atoms. The molecule has 0 aliphatic carbocycles. The first-order valence-corrected chi connectivity index (χ1v) is 10.3. The molecule has 0 bridgehead atoms. The van der Waals surface area contributed by atoms with Gasteiger partial charge in [-0.05, 0) is 55.5 Å². The molecule has 3 aromatic rings. The number of rotatable bonds is 7. The van der Waals surface area contributed by atoms with Gasteiger partial charge in [0.1, 0.15) is 24.7 Å². The first-order valence-electron chi connectivity index (χ1n) is 9.15. The van der Waals surface area contributed by atoms with Crippen LogP contribution in [0.1, 0.15) is 16.7 Å². The minimum absolute atomic E-state index is 0.333. The van der Waals surface area contributed by atoms with Gasteiger partial charge in [0.2, 0.25) is 0 Å². The van der Waals surface area contributed by atoms with Crippen LogP contribution in [0.2, 0.25) is 15.1 Å². The summed E-state index contributed by atoms with van der Waals surface area (Å²) >= 11 is 18.4. The van der Waals surface area contributed by atoms with Crippen molar-refractivity contribution in [3.63, 3.8) is 0 Å². The average molecular weight is 459 g/mol. The molecule has 0 saturated heterocycles. The lowest BCUT2D eigenvalue weighted by Crippen LogP contribution is -2.09. The number of aryl methyl sites for hydroxylation is 1. The molecular formula is C24H18Cl3NO2. The van der Waals surface area contributed by atoms with Gasteiger partial charge in [-0.25, -0.2) is 0 Å². The summed E-state index contributed by atoms with van der Waals surface area (Å²) in [4.78, 5) is 0. The van der Waals surface area contributed by atoms with Crippen LogP contribution in [-0.4, -0.2) is 13.2 Å². The molecule has 3 rings (SSSR count). The lowest BCUT2D eigenvalue weighted by molar-refractivity contribution is 0.217. The SMILES string of the molecule is Cc1ccc(OCCOc2ccc(Cl)cc2/C=C(\C#N)c2ccc(Cl)cc2Cl)cc1. The number of benzene rings is 3. The fraction of sp³-hybridized carbons (Fsp3) is 0.125. The summed E-state index contributed by atoms with van der Waals surface area (Å²) in [5, 5.41) is 11.1. The topological polar surface area (TPSA) is 42.2 Å². The highest BCUT2D eigenvalue weighted by Gasteiger charge is 2.10. The number of nitrogens with zero attached hydrogens (tertiary/aromatic N) is 1. The molecule has 0 amide bonds. The molecule has 0 aromatic heterocycles. The Morgan fingerprint density at radius 3 is 2.27 bits per heavy atom. The number of halogens is 3. The molecule has 0 atom stereocenters. The largest absolute Gasteiger partial charge is 0.490 e. The Labute approximate surface area is 191 Å². The van der Waals surface area contributed by atoms with Gasteiger partial charge in [0.05, 0.1) is 16.7 Å². The molecule has 0 saturated carbocycles. The maximum Gasteiger partial charge on any atom is 0.126 e. The van der Waals surface area contributed by atoms with Crippen molar-refractivity contribution in [3.8, 4) is 17.6 Å². The molecule has 0 aliphatic heterocycles. The minimum atomic E-state index is 0.333. The highest BCUT2D eigenvalue weighted by atomic mass is 35.5. The Morgan fingerprint density at radius 2 is 1.57 bits per heavy atom. The van der Waals surface area contributed by atoms with E-state index in [9.17, 15) is 5.26 Å². The van der Waals surface area contributed by atoms with Crippen LogP contribution in [-0.2, 0) is 0 Å². The molecule has 0 radical (unpaired) electrons. The highest BCUT2D eigenvalue weighted by Crippen LogP contribution is 2.31. The summed E-state index contributed by atoms with van der Waals surface area (Å²) in [6.07, 6.45) is 1.69. The van der Waals surface area contributed by atoms with Gasteiger partial charge in [-0.3, -0.25) is 0 Å². The molecule has 0 unspecified atom stereocenters. The van der Waals surface area contributed by atoms with Crippen LogP contribution in [0.5, 0.6) is 11.5 Å². The molecule has 0 spiro atoms. The van der Waals surface area contributed by atoms with Crippen molar-refractivity contribution in [1.82, 2.24) is 0 Å². The second kappa shape index (κ2) is 10.4. The Bertz CT molecular complexity index is 1100. The molecule has 3 nitrogen and oxygen atoms in total. The first kappa shape index (κ1) is 22.1. The highest BCUT2D eigenvalue weighted by molar-refractivity contribution is 6.36. The average Bonchev–Trinajstić information content (AvgIpc) is 2.72. The van der Waals surface area contributed by atoms with E-state index in [2.05, 4.69) is 6.07 Å². The van der Waals surface area contributed by atoms with E-state index in [1.54, 1.807) is 42.5 Å². The normalized spacial score (nSPS) is 11.1. The Hall–Kier alpha value is -2.64. The molecule has 0 heterocycles. The number of hydrogen-bond donors (Lipinski definition) is 0. The summed E-state index contributed by atoms with van der Waals surface area (Å²) in [5.74, 6) is 1.37. The van der Waals surface area contributed by atoms with E-state index in [1.807, 2.05) is 31.2 Å². The zero-order chi connectivity index (χ0) is 21.5. The number of hydrogen-bond acceptors (Lipinski definition) is 3. The zero-order valence-electron chi connectivity index (χ0n) is 16.2. The van der Waals surface area contributed by atoms with Crippen molar-refractivity contribution in [3.05, 3.63) is 92.4 Å². The second-order valence-electron chi connectivity index (χ2n) is 6.49. The molecule has 0 N–H and O–H groups in total. The third-order valence-corrected chi connectivity index (χ3v) is 5.03. The fourth-order valence-corrected chi connectivity index (χ4v) is 3.43. The number of allylic oxidation sites excluding steroid dienone is 1. The quantitative estimate of drug-likeness (QED) is 0.209. The van der Waals surface area contributed by atoms with Gasteiger partial charge >= 0.3 is 0 Å². The van der Waals surface area contributed by atoms with Gasteiger partial charge in [-0.2, -0.15) is 5.26 Å². The van der Waals surface area contributed by atoms with Crippen molar-refractivity contribution in [2.75, 3.05) is 13.2 Å². The third-order valence-electron chi connectivity index (χ3n) is 4.24. The van der Waals surface area contributed by atoms with E-state index >= 15 is 0 Å². The Morgan fingerprint density at radius 1 is 0.900 bits per heavy atom.